The topological polar surface area (TPSA) is 97.1 Å². The molecule has 0 radical (unpaired) electrons. The van der Waals surface area contributed by atoms with Crippen molar-refractivity contribution in [1.82, 2.24) is 5.32 Å². The number of ether oxygens (including phenoxy) is 2. The number of aliphatic hydroxyl groups is 1. The van der Waals surface area contributed by atoms with Gasteiger partial charge in [-0.2, -0.15) is 13.2 Å². The minimum atomic E-state index is -4.52. The van der Waals surface area contributed by atoms with E-state index in [0.717, 1.165) is 48.0 Å². The Morgan fingerprint density at radius 1 is 1.22 bits per heavy atom. The lowest BCUT2D eigenvalue weighted by atomic mass is 9.98. The van der Waals surface area contributed by atoms with Crippen LogP contribution in [0.4, 0.5) is 23.2 Å². The molecule has 0 bridgehead atoms. The number of carbonyl (C=O) groups is 1. The summed E-state index contributed by atoms with van der Waals surface area (Å²) in [5.41, 5.74) is 8.95. The molecule has 11 heteroatoms. The van der Waals surface area contributed by atoms with Gasteiger partial charge in [-0.25, -0.2) is 4.39 Å². The molecule has 1 amide bonds. The van der Waals surface area contributed by atoms with E-state index in [1.54, 1.807) is 6.07 Å². The van der Waals surface area contributed by atoms with Gasteiger partial charge in [0.05, 0.1) is 11.3 Å². The van der Waals surface area contributed by atoms with E-state index in [4.69, 9.17) is 20.3 Å². The van der Waals surface area contributed by atoms with Crippen LogP contribution in [0.25, 0.3) is 0 Å². The number of nitrogens with two attached hydrogens (primary N) is 1. The van der Waals surface area contributed by atoms with Gasteiger partial charge in [0.1, 0.15) is 12.4 Å². The number of hydrogen-bond acceptors (Lipinski definition) is 6. The smallest absolute Gasteiger partial charge is 0.422 e. The van der Waals surface area contributed by atoms with E-state index in [1.807, 2.05) is 6.92 Å². The molecule has 0 saturated heterocycles. The molecule has 0 spiro atoms. The number of carbonyl (C=O) groups excluding carboxylic acids is 1. The van der Waals surface area contributed by atoms with Gasteiger partial charge in [0.2, 0.25) is 0 Å². The number of alkyl halides is 3. The fraction of sp³-hybridized carbons (Fsp3) is 0.480. The van der Waals surface area contributed by atoms with E-state index < -0.39 is 24.5 Å². The van der Waals surface area contributed by atoms with Crippen molar-refractivity contribution in [3.8, 4) is 11.5 Å². The van der Waals surface area contributed by atoms with Gasteiger partial charge in [0.25, 0.3) is 5.91 Å². The summed E-state index contributed by atoms with van der Waals surface area (Å²) in [4.78, 5) is 14.2. The molecule has 1 atom stereocenters. The first-order chi connectivity index (χ1) is 17.1. The van der Waals surface area contributed by atoms with E-state index >= 15 is 0 Å². The number of amides is 1. The number of primary amides is 1. The molecular formula is C25H31F4N3O4. The average Bonchev–Trinajstić information content (AvgIpc) is 3.21. The average molecular weight is 514 g/mol. The van der Waals surface area contributed by atoms with Crippen molar-refractivity contribution in [2.24, 2.45) is 5.73 Å². The highest BCUT2D eigenvalue weighted by Crippen LogP contribution is 2.34. The zero-order valence-corrected chi connectivity index (χ0v) is 20.0. The largest absolute Gasteiger partial charge is 0.488 e. The van der Waals surface area contributed by atoms with Gasteiger partial charge in [-0.3, -0.25) is 4.79 Å². The van der Waals surface area contributed by atoms with E-state index in [9.17, 15) is 22.4 Å². The first-order valence-electron chi connectivity index (χ1n) is 11.7. The Morgan fingerprint density at radius 3 is 2.69 bits per heavy atom. The second-order valence-electron chi connectivity index (χ2n) is 8.73. The number of rotatable bonds is 13. The predicted octanol–water partition coefficient (Wildman–Crippen LogP) is 3.21. The zero-order chi connectivity index (χ0) is 26.3. The fourth-order valence-electron chi connectivity index (χ4n) is 4.25. The number of hydrogen-bond donors (Lipinski definition) is 3. The molecule has 3 rings (SSSR count). The van der Waals surface area contributed by atoms with Gasteiger partial charge >= 0.3 is 6.18 Å². The molecule has 0 aromatic heterocycles. The van der Waals surface area contributed by atoms with Gasteiger partial charge in [0, 0.05) is 38.3 Å². The van der Waals surface area contributed by atoms with Gasteiger partial charge < -0.3 is 30.5 Å². The number of benzene rings is 2. The van der Waals surface area contributed by atoms with E-state index in [0.29, 0.717) is 31.5 Å². The predicted molar refractivity (Wildman–Crippen MR) is 127 cm³/mol. The lowest BCUT2D eigenvalue weighted by Crippen LogP contribution is -2.32. The maximum Gasteiger partial charge on any atom is 0.422 e. The Labute approximate surface area is 207 Å². The van der Waals surface area contributed by atoms with Crippen LogP contribution in [0.5, 0.6) is 11.5 Å². The third kappa shape index (κ3) is 7.72. The number of halogens is 4. The monoisotopic (exact) mass is 513 g/mol. The molecule has 2 aromatic rings. The van der Waals surface area contributed by atoms with Crippen LogP contribution in [0.3, 0.4) is 0 Å². The van der Waals surface area contributed by atoms with Gasteiger partial charge in [-0.05, 0) is 55.5 Å². The highest BCUT2D eigenvalue weighted by atomic mass is 19.4. The lowest BCUT2D eigenvalue weighted by Gasteiger charge is -2.22. The Bertz CT molecular complexity index is 1050. The number of nitrogens with zero attached hydrogens (tertiary/aromatic N) is 1. The SMILES string of the molecule is C[C@@H](Cc1cc2c(c(C(N)=O)c1)N(CCCO)CC2)NCCOc1cc(F)ccc1OCC(F)(F)F. The first kappa shape index (κ1) is 27.5. The number of fused-ring (bicyclic) bond motifs is 1. The third-order valence-corrected chi connectivity index (χ3v) is 5.76. The maximum absolute atomic E-state index is 13.6. The van der Waals surface area contributed by atoms with Crippen LogP contribution in [0, 0.1) is 5.82 Å². The molecule has 198 valence electrons. The van der Waals surface area contributed by atoms with Crippen LogP contribution >= 0.6 is 0 Å². The van der Waals surface area contributed by atoms with Crippen molar-refractivity contribution in [3.63, 3.8) is 0 Å². The van der Waals surface area contributed by atoms with Crippen molar-refractivity contribution >= 4 is 11.6 Å². The maximum atomic E-state index is 13.6. The van der Waals surface area contributed by atoms with Crippen LogP contribution in [0.1, 0.15) is 34.8 Å². The molecule has 7 nitrogen and oxygen atoms in total. The van der Waals surface area contributed by atoms with Crippen molar-refractivity contribution in [3.05, 3.63) is 52.8 Å². The second-order valence-corrected chi connectivity index (χ2v) is 8.73. The van der Waals surface area contributed by atoms with E-state index in [2.05, 4.69) is 16.3 Å². The summed E-state index contributed by atoms with van der Waals surface area (Å²) in [6, 6.07) is 6.92. The van der Waals surface area contributed by atoms with Crippen LogP contribution in [0.15, 0.2) is 30.3 Å². The number of aliphatic hydroxyl groups excluding tert-OH is 1. The quantitative estimate of drug-likeness (QED) is 0.281. The Morgan fingerprint density at radius 2 is 2.00 bits per heavy atom. The summed E-state index contributed by atoms with van der Waals surface area (Å²) in [6.07, 6.45) is -2.53. The molecule has 1 aliphatic rings. The van der Waals surface area contributed by atoms with Crippen molar-refractivity contribution in [1.29, 1.82) is 0 Å². The van der Waals surface area contributed by atoms with Crippen molar-refractivity contribution < 1.29 is 36.9 Å². The highest BCUT2D eigenvalue weighted by molar-refractivity contribution is 6.00. The summed E-state index contributed by atoms with van der Waals surface area (Å²) in [5, 5.41) is 12.4. The lowest BCUT2D eigenvalue weighted by molar-refractivity contribution is -0.153. The molecule has 0 aliphatic carbocycles. The standard InChI is InChI=1S/C25H31F4N3O4/c1-16(31-6-10-35-22-14-19(26)3-4-21(22)36-15-25(27,28)29)11-17-12-18-5-8-32(7-2-9-33)23(18)20(13-17)24(30)34/h3-4,12-14,16,31,33H,2,5-11,15H2,1H3,(H2,30,34)/t16-/m0/s1. The van der Waals surface area contributed by atoms with Crippen LogP contribution in [-0.2, 0) is 12.8 Å². The van der Waals surface area contributed by atoms with Crippen molar-refractivity contribution in [2.75, 3.05) is 44.4 Å². The Balaban J connectivity index is 1.56. The zero-order valence-electron chi connectivity index (χ0n) is 20.0. The second kappa shape index (κ2) is 12.3. The van der Waals surface area contributed by atoms with Gasteiger partial charge in [0.15, 0.2) is 18.1 Å². The molecule has 1 aliphatic heterocycles. The summed E-state index contributed by atoms with van der Waals surface area (Å²) in [5.74, 6) is -1.45. The summed E-state index contributed by atoms with van der Waals surface area (Å²) < 4.78 is 61.1. The summed E-state index contributed by atoms with van der Waals surface area (Å²) >= 11 is 0. The van der Waals surface area contributed by atoms with Gasteiger partial charge in [-0.15, -0.1) is 0 Å². The first-order valence-corrected chi connectivity index (χ1v) is 11.7. The molecule has 2 aromatic carbocycles. The molecular weight excluding hydrogens is 482 g/mol. The molecule has 0 saturated carbocycles. The number of nitrogens with one attached hydrogen (secondary N) is 1. The Kier molecular flexibility index (Phi) is 9.38. The highest BCUT2D eigenvalue weighted by Gasteiger charge is 2.29. The van der Waals surface area contributed by atoms with E-state index in [1.165, 1.54) is 0 Å². The minimum Gasteiger partial charge on any atom is -0.488 e. The molecule has 1 heterocycles. The fourth-order valence-corrected chi connectivity index (χ4v) is 4.25. The molecule has 36 heavy (non-hydrogen) atoms. The number of anilines is 1. The molecule has 0 unspecified atom stereocenters. The van der Waals surface area contributed by atoms with Crippen LogP contribution in [0.2, 0.25) is 0 Å². The van der Waals surface area contributed by atoms with Crippen molar-refractivity contribution in [2.45, 2.75) is 38.4 Å². The molecule has 0 fully saturated rings. The van der Waals surface area contributed by atoms with Gasteiger partial charge in [-0.1, -0.05) is 6.07 Å². The van der Waals surface area contributed by atoms with Crippen LogP contribution in [-0.4, -0.2) is 62.7 Å². The Hall–Kier alpha value is -3.05. The third-order valence-electron chi connectivity index (χ3n) is 5.76. The normalized spacial score (nSPS) is 14.0. The van der Waals surface area contributed by atoms with Crippen LogP contribution < -0.4 is 25.4 Å². The summed E-state index contributed by atoms with van der Waals surface area (Å²) in [6.45, 7) is 2.35. The minimum absolute atomic E-state index is 0.0206. The molecule has 4 N–H and O–H groups in total. The summed E-state index contributed by atoms with van der Waals surface area (Å²) in [7, 11) is 0. The van der Waals surface area contributed by atoms with E-state index in [-0.39, 0.29) is 30.8 Å².